The summed E-state index contributed by atoms with van der Waals surface area (Å²) in [6.45, 7) is 1.85. The van der Waals surface area contributed by atoms with Crippen LogP contribution in [0.15, 0.2) is 35.5 Å². The Morgan fingerprint density at radius 1 is 1.32 bits per heavy atom. The van der Waals surface area contributed by atoms with Crippen LogP contribution >= 0.6 is 11.8 Å². The Morgan fingerprint density at radius 3 is 2.63 bits per heavy atom. The van der Waals surface area contributed by atoms with E-state index < -0.39 is 0 Å². The van der Waals surface area contributed by atoms with Gasteiger partial charge in [0.1, 0.15) is 0 Å². The smallest absolute Gasteiger partial charge is 0.235 e. The molecule has 0 bridgehead atoms. The van der Waals surface area contributed by atoms with Gasteiger partial charge in [0.15, 0.2) is 5.82 Å². The Labute approximate surface area is 116 Å². The van der Waals surface area contributed by atoms with E-state index in [0.29, 0.717) is 11.0 Å². The summed E-state index contributed by atoms with van der Waals surface area (Å²) in [7, 11) is 3.49. The molecule has 1 amide bonds. The number of carbonyl (C=O) groups excluding carboxylic acids is 1. The van der Waals surface area contributed by atoms with E-state index >= 15 is 0 Å². The monoisotopic (exact) mass is 276 g/mol. The molecular formula is C13H16N4OS. The molecule has 1 aromatic heterocycles. The average Bonchev–Trinajstić information content (AvgIpc) is 2.87. The van der Waals surface area contributed by atoms with Crippen molar-refractivity contribution in [2.24, 2.45) is 0 Å². The third-order valence-electron chi connectivity index (χ3n) is 2.58. The third-order valence-corrected chi connectivity index (χ3v) is 3.53. The van der Waals surface area contributed by atoms with Gasteiger partial charge in [-0.05, 0) is 6.92 Å². The lowest BCUT2D eigenvalue weighted by atomic mass is 10.2. The summed E-state index contributed by atoms with van der Waals surface area (Å²) in [5, 5.41) is 7.40. The molecule has 0 fully saturated rings. The summed E-state index contributed by atoms with van der Waals surface area (Å²) < 4.78 is 0. The summed E-state index contributed by atoms with van der Waals surface area (Å²) in [5.74, 6) is 0.767. The lowest BCUT2D eigenvalue weighted by Gasteiger charge is -2.14. The number of nitrogens with one attached hydrogen (secondary N) is 1. The number of amides is 1. The number of benzene rings is 1. The highest BCUT2D eigenvalue weighted by Gasteiger charge is 2.18. The van der Waals surface area contributed by atoms with Crippen molar-refractivity contribution in [1.82, 2.24) is 20.1 Å². The first-order valence-corrected chi connectivity index (χ1v) is 6.81. The van der Waals surface area contributed by atoms with Gasteiger partial charge in [-0.15, -0.1) is 5.10 Å². The van der Waals surface area contributed by atoms with E-state index in [0.717, 1.165) is 5.56 Å². The van der Waals surface area contributed by atoms with E-state index in [-0.39, 0.29) is 11.2 Å². The van der Waals surface area contributed by atoms with Crippen molar-refractivity contribution in [3.8, 4) is 11.4 Å². The SMILES string of the molecule is C[C@H](Sc1n[nH]c(-c2ccccc2)n1)C(=O)N(C)C. The van der Waals surface area contributed by atoms with E-state index in [9.17, 15) is 4.79 Å². The molecule has 6 heteroatoms. The maximum absolute atomic E-state index is 11.8. The van der Waals surface area contributed by atoms with E-state index in [1.807, 2.05) is 37.3 Å². The largest absolute Gasteiger partial charge is 0.348 e. The highest BCUT2D eigenvalue weighted by molar-refractivity contribution is 8.00. The molecule has 0 saturated carbocycles. The van der Waals surface area contributed by atoms with E-state index in [4.69, 9.17) is 0 Å². The van der Waals surface area contributed by atoms with Crippen LogP contribution in [0.25, 0.3) is 11.4 Å². The number of aromatic amines is 1. The minimum atomic E-state index is -0.200. The Hall–Kier alpha value is -1.82. The van der Waals surface area contributed by atoms with E-state index in [2.05, 4.69) is 15.2 Å². The minimum absolute atomic E-state index is 0.0519. The van der Waals surface area contributed by atoms with Crippen LogP contribution in [0.2, 0.25) is 0 Å². The molecule has 2 rings (SSSR count). The molecule has 0 unspecified atom stereocenters. The Kier molecular flexibility index (Phi) is 4.21. The Morgan fingerprint density at radius 2 is 2.00 bits per heavy atom. The van der Waals surface area contributed by atoms with Gasteiger partial charge in [0.25, 0.3) is 0 Å². The van der Waals surface area contributed by atoms with Gasteiger partial charge in [-0.25, -0.2) is 4.98 Å². The fourth-order valence-electron chi connectivity index (χ4n) is 1.60. The molecule has 1 N–H and O–H groups in total. The first-order valence-electron chi connectivity index (χ1n) is 5.93. The minimum Gasteiger partial charge on any atom is -0.348 e. The predicted octanol–water partition coefficient (Wildman–Crippen LogP) is 2.04. The number of H-pyrrole nitrogens is 1. The molecule has 1 aromatic carbocycles. The number of carbonyl (C=O) groups is 1. The van der Waals surface area contributed by atoms with Gasteiger partial charge in [-0.3, -0.25) is 9.89 Å². The second-order valence-corrected chi connectivity index (χ2v) is 5.63. The van der Waals surface area contributed by atoms with Crippen LogP contribution < -0.4 is 0 Å². The number of rotatable bonds is 4. The van der Waals surface area contributed by atoms with Crippen molar-refractivity contribution in [2.75, 3.05) is 14.1 Å². The number of hydrogen-bond donors (Lipinski definition) is 1. The predicted molar refractivity (Wildman–Crippen MR) is 75.8 cm³/mol. The molecule has 0 aliphatic heterocycles. The zero-order valence-electron chi connectivity index (χ0n) is 11.1. The number of thioether (sulfide) groups is 1. The van der Waals surface area contributed by atoms with Crippen LogP contribution in [0.5, 0.6) is 0 Å². The van der Waals surface area contributed by atoms with Gasteiger partial charge in [0.05, 0.1) is 5.25 Å². The molecule has 0 spiro atoms. The van der Waals surface area contributed by atoms with E-state index in [1.165, 1.54) is 11.8 Å². The lowest BCUT2D eigenvalue weighted by molar-refractivity contribution is -0.127. The summed E-state index contributed by atoms with van der Waals surface area (Å²) in [6.07, 6.45) is 0. The van der Waals surface area contributed by atoms with Crippen LogP contribution in [-0.2, 0) is 4.79 Å². The maximum Gasteiger partial charge on any atom is 0.235 e. The quantitative estimate of drug-likeness (QED) is 0.868. The van der Waals surface area contributed by atoms with Crippen LogP contribution in [0.1, 0.15) is 6.92 Å². The second kappa shape index (κ2) is 5.88. The number of aromatic nitrogens is 3. The van der Waals surface area contributed by atoms with E-state index in [1.54, 1.807) is 19.0 Å². The van der Waals surface area contributed by atoms with Crippen LogP contribution in [0, 0.1) is 0 Å². The molecular weight excluding hydrogens is 260 g/mol. The Bertz CT molecular complexity index is 553. The molecule has 2 aromatic rings. The molecule has 0 radical (unpaired) electrons. The molecule has 5 nitrogen and oxygen atoms in total. The molecule has 100 valence electrons. The van der Waals surface area contributed by atoms with Crippen molar-refractivity contribution in [2.45, 2.75) is 17.3 Å². The molecule has 0 aliphatic rings. The number of nitrogens with zero attached hydrogens (tertiary/aromatic N) is 3. The zero-order valence-corrected chi connectivity index (χ0v) is 11.9. The summed E-state index contributed by atoms with van der Waals surface area (Å²) in [6, 6.07) is 9.77. The highest BCUT2D eigenvalue weighted by atomic mass is 32.2. The van der Waals surface area contributed by atoms with Gasteiger partial charge in [-0.1, -0.05) is 42.1 Å². The Balaban J connectivity index is 2.08. The normalized spacial score (nSPS) is 12.2. The average molecular weight is 276 g/mol. The summed E-state index contributed by atoms with van der Waals surface area (Å²) in [4.78, 5) is 17.7. The van der Waals surface area contributed by atoms with Gasteiger partial charge in [0, 0.05) is 19.7 Å². The fourth-order valence-corrected chi connectivity index (χ4v) is 2.47. The lowest BCUT2D eigenvalue weighted by Crippen LogP contribution is -2.29. The van der Waals surface area contributed by atoms with Crippen molar-refractivity contribution in [1.29, 1.82) is 0 Å². The van der Waals surface area contributed by atoms with Gasteiger partial charge in [0.2, 0.25) is 11.1 Å². The topological polar surface area (TPSA) is 61.9 Å². The summed E-state index contributed by atoms with van der Waals surface area (Å²) in [5.41, 5.74) is 0.980. The molecule has 0 aliphatic carbocycles. The maximum atomic E-state index is 11.8. The van der Waals surface area contributed by atoms with Crippen LogP contribution in [0.3, 0.4) is 0 Å². The van der Waals surface area contributed by atoms with Crippen LogP contribution in [0.4, 0.5) is 0 Å². The van der Waals surface area contributed by atoms with Gasteiger partial charge >= 0.3 is 0 Å². The van der Waals surface area contributed by atoms with Crippen molar-refractivity contribution in [3.05, 3.63) is 30.3 Å². The van der Waals surface area contributed by atoms with Crippen LogP contribution in [-0.4, -0.2) is 45.3 Å². The first kappa shape index (κ1) is 13.6. The molecule has 1 heterocycles. The highest BCUT2D eigenvalue weighted by Crippen LogP contribution is 2.23. The van der Waals surface area contributed by atoms with Crippen molar-refractivity contribution >= 4 is 17.7 Å². The number of hydrogen-bond acceptors (Lipinski definition) is 4. The second-order valence-electron chi connectivity index (χ2n) is 4.33. The van der Waals surface area contributed by atoms with Crippen molar-refractivity contribution in [3.63, 3.8) is 0 Å². The van der Waals surface area contributed by atoms with Gasteiger partial charge in [-0.2, -0.15) is 0 Å². The molecule has 1 atom stereocenters. The van der Waals surface area contributed by atoms with Gasteiger partial charge < -0.3 is 4.90 Å². The third kappa shape index (κ3) is 3.35. The first-order chi connectivity index (χ1) is 9.08. The zero-order chi connectivity index (χ0) is 13.8. The molecule has 0 saturated heterocycles. The molecule has 19 heavy (non-hydrogen) atoms. The standard InChI is InChI=1S/C13H16N4OS/c1-9(12(18)17(2)3)19-13-14-11(15-16-13)10-7-5-4-6-8-10/h4-9H,1-3H3,(H,14,15,16)/t9-/m0/s1. The van der Waals surface area contributed by atoms with Crippen molar-refractivity contribution < 1.29 is 4.79 Å². The fraction of sp³-hybridized carbons (Fsp3) is 0.308. The summed E-state index contributed by atoms with van der Waals surface area (Å²) >= 11 is 1.35.